The number of hydrogen-bond donors (Lipinski definition) is 0. The number of sulfone groups is 1. The largest absolute Gasteiger partial charge is 0.218 e. The SMILES string of the molecule is O=S1(=O)c2cc(Cl)ccc2[S+](c2ccc(Cl)cc2)c2ccc(Cl)cc21. The van der Waals surface area contributed by atoms with Crippen LogP contribution in [-0.4, -0.2) is 8.42 Å². The number of benzene rings is 3. The number of fused-ring (bicyclic) bond motifs is 2. The van der Waals surface area contributed by atoms with Crippen molar-refractivity contribution in [3.8, 4) is 0 Å². The Bertz CT molecular complexity index is 1030. The lowest BCUT2D eigenvalue weighted by molar-refractivity contribution is 0.590. The van der Waals surface area contributed by atoms with Crippen LogP contribution in [0.1, 0.15) is 0 Å². The van der Waals surface area contributed by atoms with Crippen molar-refractivity contribution in [1.82, 2.24) is 0 Å². The molecule has 0 N–H and O–H groups in total. The minimum absolute atomic E-state index is 0.230. The van der Waals surface area contributed by atoms with Gasteiger partial charge in [-0.05, 0) is 60.7 Å². The van der Waals surface area contributed by atoms with E-state index in [1.165, 1.54) is 12.1 Å². The molecule has 4 rings (SSSR count). The Morgan fingerprint density at radius 1 is 0.640 bits per heavy atom. The van der Waals surface area contributed by atoms with Gasteiger partial charge >= 0.3 is 0 Å². The highest BCUT2D eigenvalue weighted by Gasteiger charge is 2.45. The molecule has 0 amide bonds. The van der Waals surface area contributed by atoms with Gasteiger partial charge in [0.1, 0.15) is 20.7 Å². The van der Waals surface area contributed by atoms with Crippen molar-refractivity contribution in [2.24, 2.45) is 0 Å². The van der Waals surface area contributed by atoms with Crippen molar-refractivity contribution in [1.29, 1.82) is 0 Å². The van der Waals surface area contributed by atoms with Crippen LogP contribution in [0.25, 0.3) is 0 Å². The summed E-state index contributed by atoms with van der Waals surface area (Å²) in [6.45, 7) is 0. The fourth-order valence-corrected chi connectivity index (χ4v) is 8.09. The maximum atomic E-state index is 13.1. The van der Waals surface area contributed by atoms with Gasteiger partial charge in [0.15, 0.2) is 14.7 Å². The maximum absolute atomic E-state index is 13.1. The van der Waals surface area contributed by atoms with Crippen LogP contribution < -0.4 is 0 Å². The van der Waals surface area contributed by atoms with Gasteiger partial charge in [-0.25, -0.2) is 8.42 Å². The third-order valence-electron chi connectivity index (χ3n) is 3.88. The molecule has 0 spiro atoms. The highest BCUT2D eigenvalue weighted by molar-refractivity contribution is 8.00. The van der Waals surface area contributed by atoms with Crippen molar-refractivity contribution in [2.45, 2.75) is 24.5 Å². The summed E-state index contributed by atoms with van der Waals surface area (Å²) in [6, 6.07) is 17.4. The van der Waals surface area contributed by atoms with Gasteiger partial charge in [0.2, 0.25) is 9.84 Å². The molecule has 1 heterocycles. The quantitative estimate of drug-likeness (QED) is 0.354. The van der Waals surface area contributed by atoms with E-state index in [0.29, 0.717) is 15.1 Å². The molecule has 1 aliphatic heterocycles. The first kappa shape index (κ1) is 17.3. The fraction of sp³-hybridized carbons (Fsp3) is 0. The molecule has 0 fully saturated rings. The van der Waals surface area contributed by atoms with Gasteiger partial charge in [-0.2, -0.15) is 0 Å². The summed E-state index contributed by atoms with van der Waals surface area (Å²) in [5, 5.41) is 1.39. The molecule has 126 valence electrons. The van der Waals surface area contributed by atoms with Crippen molar-refractivity contribution in [3.05, 3.63) is 75.7 Å². The van der Waals surface area contributed by atoms with Crippen LogP contribution in [0.2, 0.25) is 15.1 Å². The lowest BCUT2D eigenvalue weighted by Gasteiger charge is -2.20. The third-order valence-corrected chi connectivity index (χ3v) is 9.03. The molecule has 0 unspecified atom stereocenters. The van der Waals surface area contributed by atoms with Gasteiger partial charge in [0, 0.05) is 15.1 Å². The van der Waals surface area contributed by atoms with E-state index in [-0.39, 0.29) is 9.79 Å². The molecule has 2 nitrogen and oxygen atoms in total. The van der Waals surface area contributed by atoms with Gasteiger partial charge in [0.05, 0.1) is 0 Å². The zero-order valence-electron chi connectivity index (χ0n) is 12.5. The Hall–Kier alpha value is -1.17. The Morgan fingerprint density at radius 2 is 1.08 bits per heavy atom. The Balaban J connectivity index is 2.08. The molecule has 3 aromatic rings. The minimum Gasteiger partial charge on any atom is -0.218 e. The summed E-state index contributed by atoms with van der Waals surface area (Å²) in [6.07, 6.45) is 0. The molecule has 7 heteroatoms. The van der Waals surface area contributed by atoms with E-state index in [9.17, 15) is 8.42 Å². The molecule has 0 saturated carbocycles. The van der Waals surface area contributed by atoms with Crippen LogP contribution in [0.5, 0.6) is 0 Å². The molecule has 0 atom stereocenters. The average molecular weight is 429 g/mol. The van der Waals surface area contributed by atoms with Crippen LogP contribution in [0.4, 0.5) is 0 Å². The van der Waals surface area contributed by atoms with E-state index in [4.69, 9.17) is 34.8 Å². The Labute approximate surface area is 163 Å². The number of halogens is 3. The first-order valence-electron chi connectivity index (χ1n) is 7.22. The highest BCUT2D eigenvalue weighted by atomic mass is 35.5. The van der Waals surface area contributed by atoms with E-state index in [0.717, 1.165) is 14.7 Å². The molecular formula is C18H10Cl3O2S2+. The predicted octanol–water partition coefficient (Wildman–Crippen LogP) is 5.89. The van der Waals surface area contributed by atoms with Crippen molar-refractivity contribution in [2.75, 3.05) is 0 Å². The normalized spacial score (nSPS) is 15.5. The van der Waals surface area contributed by atoms with Crippen LogP contribution in [0.15, 0.2) is 85.1 Å². The zero-order valence-corrected chi connectivity index (χ0v) is 16.4. The second-order valence-corrected chi connectivity index (χ2v) is 10.6. The second-order valence-electron chi connectivity index (χ2n) is 5.45. The Morgan fingerprint density at radius 3 is 1.56 bits per heavy atom. The van der Waals surface area contributed by atoms with Gasteiger partial charge in [-0.3, -0.25) is 0 Å². The molecule has 0 bridgehead atoms. The van der Waals surface area contributed by atoms with Crippen LogP contribution >= 0.6 is 34.8 Å². The van der Waals surface area contributed by atoms with Crippen LogP contribution in [0.3, 0.4) is 0 Å². The summed E-state index contributed by atoms with van der Waals surface area (Å²) in [4.78, 5) is 2.88. The second kappa shape index (κ2) is 6.22. The fourth-order valence-electron chi connectivity index (χ4n) is 2.78. The molecular weight excluding hydrogens is 419 g/mol. The summed E-state index contributed by atoms with van der Waals surface area (Å²) in [5.41, 5.74) is 0. The molecule has 3 aromatic carbocycles. The average Bonchev–Trinajstić information content (AvgIpc) is 2.58. The van der Waals surface area contributed by atoms with Crippen molar-refractivity contribution < 1.29 is 8.42 Å². The number of rotatable bonds is 1. The molecule has 0 aliphatic carbocycles. The first-order valence-corrected chi connectivity index (χ1v) is 11.1. The lowest BCUT2D eigenvalue weighted by Crippen LogP contribution is -2.20. The first-order chi connectivity index (χ1) is 11.9. The summed E-state index contributed by atoms with van der Waals surface area (Å²) in [7, 11) is -4.27. The monoisotopic (exact) mass is 427 g/mol. The van der Waals surface area contributed by atoms with Gasteiger partial charge in [0.25, 0.3) is 0 Å². The molecule has 0 saturated heterocycles. The summed E-state index contributed by atoms with van der Waals surface area (Å²) >= 11 is 18.2. The number of hydrogen-bond acceptors (Lipinski definition) is 2. The smallest absolute Gasteiger partial charge is 0.216 e. The minimum atomic E-state index is -3.68. The van der Waals surface area contributed by atoms with E-state index in [2.05, 4.69) is 0 Å². The van der Waals surface area contributed by atoms with Crippen molar-refractivity contribution >= 4 is 55.5 Å². The summed E-state index contributed by atoms with van der Waals surface area (Å²) < 4.78 is 26.2. The topological polar surface area (TPSA) is 34.1 Å². The van der Waals surface area contributed by atoms with E-state index < -0.39 is 20.7 Å². The molecule has 0 radical (unpaired) electrons. The molecule has 0 aromatic heterocycles. The molecule has 25 heavy (non-hydrogen) atoms. The predicted molar refractivity (Wildman–Crippen MR) is 102 cm³/mol. The lowest BCUT2D eigenvalue weighted by atomic mass is 10.3. The molecule has 1 aliphatic rings. The van der Waals surface area contributed by atoms with Crippen molar-refractivity contribution in [3.63, 3.8) is 0 Å². The van der Waals surface area contributed by atoms with Gasteiger partial charge in [-0.1, -0.05) is 34.8 Å². The van der Waals surface area contributed by atoms with Gasteiger partial charge < -0.3 is 0 Å². The zero-order chi connectivity index (χ0) is 17.8. The Kier molecular flexibility index (Phi) is 4.29. The standard InChI is InChI=1S/C18H10Cl3O2S2/c19-11-1-5-14(6-2-11)24-15-7-3-12(20)9-17(15)25(22,23)18-10-13(21)4-8-16(18)24/h1-10H/q+1. The maximum Gasteiger partial charge on any atom is 0.216 e. The highest BCUT2D eigenvalue weighted by Crippen LogP contribution is 2.46. The van der Waals surface area contributed by atoms with Crippen LogP contribution in [-0.2, 0) is 20.7 Å². The summed E-state index contributed by atoms with van der Waals surface area (Å²) in [5.74, 6) is 0. The third kappa shape index (κ3) is 2.86. The van der Waals surface area contributed by atoms with Gasteiger partial charge in [-0.15, -0.1) is 0 Å². The van der Waals surface area contributed by atoms with E-state index >= 15 is 0 Å². The van der Waals surface area contributed by atoms with E-state index in [1.54, 1.807) is 36.4 Å². The van der Waals surface area contributed by atoms with E-state index in [1.807, 2.05) is 12.1 Å². The van der Waals surface area contributed by atoms with Crippen LogP contribution in [0, 0.1) is 0 Å².